The molecule has 0 bridgehead atoms. The summed E-state index contributed by atoms with van der Waals surface area (Å²) in [5, 5.41) is 10.7. The van der Waals surface area contributed by atoms with E-state index in [4.69, 9.17) is 4.74 Å². The first-order valence-corrected chi connectivity index (χ1v) is 4.26. The molecule has 0 unspecified atom stereocenters. The van der Waals surface area contributed by atoms with Gasteiger partial charge in [0.05, 0.1) is 6.61 Å². The third-order valence-electron chi connectivity index (χ3n) is 1.61. The van der Waals surface area contributed by atoms with Crippen molar-refractivity contribution in [3.63, 3.8) is 0 Å². The first-order valence-electron chi connectivity index (χ1n) is 4.26. The van der Waals surface area contributed by atoms with E-state index in [9.17, 15) is 9.90 Å². The van der Waals surface area contributed by atoms with Gasteiger partial charge in [-0.3, -0.25) is 5.11 Å². The minimum Gasteiger partial charge on any atom is -0.461 e. The number of aromatic nitrogens is 1. The van der Waals surface area contributed by atoms with Crippen molar-refractivity contribution < 1.29 is 14.6 Å². The van der Waals surface area contributed by atoms with Gasteiger partial charge < -0.3 is 9.72 Å². The second-order valence-electron chi connectivity index (χ2n) is 2.74. The van der Waals surface area contributed by atoms with Crippen molar-refractivity contribution in [3.8, 4) is 5.75 Å². The number of hydrogen-bond acceptors (Lipinski definition) is 2. The third-order valence-corrected chi connectivity index (χ3v) is 1.61. The quantitative estimate of drug-likeness (QED) is 0.572. The van der Waals surface area contributed by atoms with E-state index < -0.39 is 5.97 Å². The summed E-state index contributed by atoms with van der Waals surface area (Å²) in [6.45, 7) is 2.42. The van der Waals surface area contributed by atoms with Gasteiger partial charge in [-0.15, -0.1) is 0 Å². The van der Waals surface area contributed by atoms with Gasteiger partial charge in [-0.2, -0.15) is 0 Å². The van der Waals surface area contributed by atoms with Gasteiger partial charge in [0.1, 0.15) is 5.69 Å². The summed E-state index contributed by atoms with van der Waals surface area (Å²) >= 11 is 0. The number of esters is 1. The standard InChI is InChI=1S/C9H12NO3/c1-2-3-4-13-9(12)8-5-7(11)6-10-8/h5-6,10H,2-4H2,1H3. The fourth-order valence-electron chi connectivity index (χ4n) is 0.879. The summed E-state index contributed by atoms with van der Waals surface area (Å²) in [6.07, 6.45) is 3.05. The van der Waals surface area contributed by atoms with Crippen LogP contribution in [0.2, 0.25) is 0 Å². The van der Waals surface area contributed by atoms with Gasteiger partial charge in [0, 0.05) is 12.3 Å². The Balaban J connectivity index is 2.40. The topological polar surface area (TPSA) is 62.0 Å². The zero-order valence-electron chi connectivity index (χ0n) is 7.50. The van der Waals surface area contributed by atoms with E-state index in [1.807, 2.05) is 6.92 Å². The van der Waals surface area contributed by atoms with Crippen LogP contribution in [-0.2, 0) is 9.84 Å². The number of ether oxygens (including phenoxy) is 1. The third kappa shape index (κ3) is 2.82. The second-order valence-corrected chi connectivity index (χ2v) is 2.74. The number of carbonyl (C=O) groups is 1. The minimum atomic E-state index is -0.462. The van der Waals surface area contributed by atoms with Crippen molar-refractivity contribution in [1.29, 1.82) is 0 Å². The van der Waals surface area contributed by atoms with Crippen LogP contribution in [0.15, 0.2) is 12.3 Å². The predicted molar refractivity (Wildman–Crippen MR) is 46.1 cm³/mol. The van der Waals surface area contributed by atoms with E-state index in [1.165, 1.54) is 12.3 Å². The SMILES string of the molecule is CCCCOC(=O)c1cc([O])c[nH]1. The molecule has 0 aliphatic rings. The Bertz CT molecular complexity index is 280. The smallest absolute Gasteiger partial charge is 0.354 e. The van der Waals surface area contributed by atoms with Crippen molar-refractivity contribution in [3.05, 3.63) is 18.0 Å². The molecule has 1 rings (SSSR count). The van der Waals surface area contributed by atoms with E-state index in [0.29, 0.717) is 6.61 Å². The molecule has 0 aliphatic carbocycles. The zero-order valence-corrected chi connectivity index (χ0v) is 7.50. The number of H-pyrrole nitrogens is 1. The molecule has 1 aromatic rings. The number of hydrogen-bond donors (Lipinski definition) is 1. The van der Waals surface area contributed by atoms with Gasteiger partial charge in [-0.25, -0.2) is 4.79 Å². The van der Waals surface area contributed by atoms with E-state index in [1.54, 1.807) is 0 Å². The van der Waals surface area contributed by atoms with Crippen LogP contribution in [0.1, 0.15) is 30.3 Å². The first-order chi connectivity index (χ1) is 6.24. The average Bonchev–Trinajstić information content (AvgIpc) is 2.52. The van der Waals surface area contributed by atoms with Crippen LogP contribution >= 0.6 is 0 Å². The summed E-state index contributed by atoms with van der Waals surface area (Å²) < 4.78 is 4.87. The largest absolute Gasteiger partial charge is 0.461 e. The van der Waals surface area contributed by atoms with Crippen LogP contribution in [0, 0.1) is 0 Å². The predicted octanol–water partition coefficient (Wildman–Crippen LogP) is 2.12. The average molecular weight is 182 g/mol. The molecular weight excluding hydrogens is 170 g/mol. The molecule has 1 N–H and O–H groups in total. The van der Waals surface area contributed by atoms with E-state index >= 15 is 0 Å². The lowest BCUT2D eigenvalue weighted by atomic mass is 10.3. The lowest BCUT2D eigenvalue weighted by Gasteiger charge is -2.00. The molecule has 1 heterocycles. The minimum absolute atomic E-state index is 0.206. The van der Waals surface area contributed by atoms with Crippen molar-refractivity contribution in [2.75, 3.05) is 6.61 Å². The maximum absolute atomic E-state index is 11.1. The number of rotatable bonds is 4. The van der Waals surface area contributed by atoms with Crippen LogP contribution in [-0.4, -0.2) is 17.6 Å². The Kier molecular flexibility index (Phi) is 3.37. The van der Waals surface area contributed by atoms with Gasteiger partial charge >= 0.3 is 5.97 Å². The number of unbranched alkanes of at least 4 members (excludes halogenated alkanes) is 1. The van der Waals surface area contributed by atoms with Crippen LogP contribution in [0.25, 0.3) is 0 Å². The molecule has 0 fully saturated rings. The molecule has 0 aromatic carbocycles. The number of carbonyl (C=O) groups excluding carboxylic acids is 1. The lowest BCUT2D eigenvalue weighted by molar-refractivity contribution is 0.0493. The van der Waals surface area contributed by atoms with Crippen molar-refractivity contribution >= 4 is 5.97 Å². The molecule has 0 atom stereocenters. The van der Waals surface area contributed by atoms with Crippen LogP contribution in [0.4, 0.5) is 0 Å². The molecule has 1 aromatic heterocycles. The van der Waals surface area contributed by atoms with E-state index in [0.717, 1.165) is 12.8 Å². The maximum Gasteiger partial charge on any atom is 0.354 e. The molecule has 0 saturated carbocycles. The Hall–Kier alpha value is -1.45. The van der Waals surface area contributed by atoms with Crippen molar-refractivity contribution in [2.45, 2.75) is 19.8 Å². The van der Waals surface area contributed by atoms with Gasteiger partial charge in [-0.1, -0.05) is 13.3 Å². The molecule has 0 aliphatic heterocycles. The zero-order chi connectivity index (χ0) is 9.68. The van der Waals surface area contributed by atoms with Gasteiger partial charge in [0.15, 0.2) is 5.75 Å². The molecule has 0 saturated heterocycles. The fourth-order valence-corrected chi connectivity index (χ4v) is 0.879. The monoisotopic (exact) mass is 182 g/mol. The fraction of sp³-hybridized carbons (Fsp3) is 0.444. The lowest BCUT2D eigenvalue weighted by Crippen LogP contribution is -2.06. The van der Waals surface area contributed by atoms with E-state index in [-0.39, 0.29) is 11.4 Å². The molecule has 71 valence electrons. The van der Waals surface area contributed by atoms with Gasteiger partial charge in [-0.05, 0) is 6.42 Å². The summed E-state index contributed by atoms with van der Waals surface area (Å²) in [4.78, 5) is 13.7. The van der Waals surface area contributed by atoms with Crippen LogP contribution in [0.3, 0.4) is 0 Å². The highest BCUT2D eigenvalue weighted by molar-refractivity contribution is 5.87. The van der Waals surface area contributed by atoms with Gasteiger partial charge in [0.25, 0.3) is 0 Å². The highest BCUT2D eigenvalue weighted by Gasteiger charge is 2.09. The van der Waals surface area contributed by atoms with Crippen LogP contribution in [0.5, 0.6) is 5.75 Å². The van der Waals surface area contributed by atoms with Crippen molar-refractivity contribution in [1.82, 2.24) is 4.98 Å². The Morgan fingerprint density at radius 1 is 1.62 bits per heavy atom. The van der Waals surface area contributed by atoms with Crippen molar-refractivity contribution in [2.24, 2.45) is 0 Å². The molecule has 4 nitrogen and oxygen atoms in total. The normalized spacial score (nSPS) is 9.92. The molecule has 13 heavy (non-hydrogen) atoms. The van der Waals surface area contributed by atoms with Gasteiger partial charge in [0.2, 0.25) is 0 Å². The molecule has 0 amide bonds. The Morgan fingerprint density at radius 3 is 2.92 bits per heavy atom. The molecular formula is C9H12NO3. The number of nitrogens with one attached hydrogen (secondary N) is 1. The number of aromatic amines is 1. The first kappa shape index (κ1) is 9.64. The van der Waals surface area contributed by atoms with Crippen LogP contribution < -0.4 is 0 Å². The highest BCUT2D eigenvalue weighted by Crippen LogP contribution is 2.11. The maximum atomic E-state index is 11.1. The molecule has 0 spiro atoms. The summed E-state index contributed by atoms with van der Waals surface area (Å²) in [5.41, 5.74) is 0.223. The highest BCUT2D eigenvalue weighted by atomic mass is 16.5. The van der Waals surface area contributed by atoms with E-state index in [2.05, 4.69) is 4.98 Å². The Morgan fingerprint density at radius 2 is 2.38 bits per heavy atom. The molecule has 1 radical (unpaired) electrons. The Labute approximate surface area is 76.5 Å². The molecule has 4 heteroatoms. The summed E-state index contributed by atoms with van der Waals surface area (Å²) in [7, 11) is 0. The second kappa shape index (κ2) is 4.54. The summed E-state index contributed by atoms with van der Waals surface area (Å²) in [6, 6.07) is 1.23. The summed E-state index contributed by atoms with van der Waals surface area (Å²) in [5.74, 6) is -0.669.